The Morgan fingerprint density at radius 3 is 2.72 bits per heavy atom. The van der Waals surface area contributed by atoms with Crippen LogP contribution in [0.1, 0.15) is 21.6 Å². The number of nitrogens with zero attached hydrogens (tertiary/aromatic N) is 4. The van der Waals surface area contributed by atoms with Crippen LogP contribution < -0.4 is 11.0 Å². The molecule has 0 aliphatic carbocycles. The lowest BCUT2D eigenvalue weighted by Gasteiger charge is -2.07. The van der Waals surface area contributed by atoms with Crippen molar-refractivity contribution in [1.29, 1.82) is 0 Å². The van der Waals surface area contributed by atoms with E-state index in [-0.39, 0.29) is 11.6 Å². The molecule has 0 saturated heterocycles. The predicted octanol–water partition coefficient (Wildman–Crippen LogP) is 2.32. The van der Waals surface area contributed by atoms with Crippen LogP contribution in [0, 0.1) is 6.92 Å². The van der Waals surface area contributed by atoms with Crippen LogP contribution in [-0.2, 0) is 20.1 Å². The first-order valence-corrected chi connectivity index (χ1v) is 9.54. The lowest BCUT2D eigenvalue weighted by atomic mass is 10.1. The second-order valence-corrected chi connectivity index (χ2v) is 7.12. The van der Waals surface area contributed by atoms with Crippen LogP contribution >= 0.6 is 0 Å². The summed E-state index contributed by atoms with van der Waals surface area (Å²) < 4.78 is 5.11. The quantitative estimate of drug-likeness (QED) is 0.550. The van der Waals surface area contributed by atoms with Crippen LogP contribution in [0.2, 0.25) is 0 Å². The fourth-order valence-corrected chi connectivity index (χ4v) is 3.56. The van der Waals surface area contributed by atoms with Crippen molar-refractivity contribution >= 4 is 17.1 Å². The number of amides is 1. The molecule has 0 aliphatic rings. The molecule has 0 spiro atoms. The van der Waals surface area contributed by atoms with E-state index in [1.165, 1.54) is 0 Å². The first-order valence-electron chi connectivity index (χ1n) is 9.54. The fourth-order valence-electron chi connectivity index (χ4n) is 3.56. The predicted molar refractivity (Wildman–Crippen MR) is 112 cm³/mol. The summed E-state index contributed by atoms with van der Waals surface area (Å²) in [6.07, 6.45) is 3.50. The van der Waals surface area contributed by atoms with Crippen molar-refractivity contribution in [3.8, 4) is 0 Å². The highest BCUT2D eigenvalue weighted by Crippen LogP contribution is 2.13. The zero-order valence-corrected chi connectivity index (χ0v) is 16.5. The normalized spacial score (nSPS) is 11.1. The molecule has 0 bridgehead atoms. The summed E-state index contributed by atoms with van der Waals surface area (Å²) in [6.45, 7) is 3.20. The molecule has 0 saturated carbocycles. The van der Waals surface area contributed by atoms with E-state index in [2.05, 4.69) is 16.4 Å². The molecule has 4 aromatic rings. The smallest absolute Gasteiger partial charge is 0.330 e. The van der Waals surface area contributed by atoms with E-state index in [1.54, 1.807) is 26.0 Å². The van der Waals surface area contributed by atoms with E-state index < -0.39 is 0 Å². The van der Waals surface area contributed by atoms with E-state index in [0.717, 1.165) is 16.6 Å². The van der Waals surface area contributed by atoms with Crippen molar-refractivity contribution in [3.05, 3.63) is 88.2 Å². The topological polar surface area (TPSA) is 73.8 Å². The van der Waals surface area contributed by atoms with Crippen molar-refractivity contribution in [2.24, 2.45) is 7.05 Å². The zero-order valence-electron chi connectivity index (χ0n) is 16.5. The maximum absolute atomic E-state index is 13.1. The zero-order chi connectivity index (χ0) is 20.4. The number of hydrogen-bond donors (Lipinski definition) is 1. The van der Waals surface area contributed by atoms with Gasteiger partial charge in [0.2, 0.25) is 0 Å². The molecule has 0 fully saturated rings. The minimum absolute atomic E-state index is 0.131. The van der Waals surface area contributed by atoms with Crippen molar-refractivity contribution in [3.63, 3.8) is 0 Å². The Balaban J connectivity index is 1.58. The van der Waals surface area contributed by atoms with E-state index in [4.69, 9.17) is 0 Å². The summed E-state index contributed by atoms with van der Waals surface area (Å²) in [6, 6.07) is 15.4. The third-order valence-electron chi connectivity index (χ3n) is 4.99. The van der Waals surface area contributed by atoms with Gasteiger partial charge in [-0.15, -0.1) is 0 Å². The Labute approximate surface area is 168 Å². The molecule has 7 nitrogen and oxygen atoms in total. The standard InChI is InChI=1S/C22H23N5O2/c1-16-6-3-7-17(14-16)15-27-18-8-4-10-23-20(18)26(22(27)29)13-11-24-21(28)19-9-5-12-25(19)2/h3-10,12,14H,11,13,15H2,1-2H3,(H,24,28). The van der Waals surface area contributed by atoms with E-state index >= 15 is 0 Å². The maximum Gasteiger partial charge on any atom is 0.330 e. The molecule has 0 atom stereocenters. The van der Waals surface area contributed by atoms with Crippen LogP contribution in [0.5, 0.6) is 0 Å². The Hall–Kier alpha value is -3.61. The molecule has 0 aliphatic heterocycles. The molecule has 1 amide bonds. The maximum atomic E-state index is 13.1. The average Bonchev–Trinajstić information content (AvgIpc) is 3.25. The molecule has 1 N–H and O–H groups in total. The highest BCUT2D eigenvalue weighted by molar-refractivity contribution is 5.92. The first kappa shape index (κ1) is 18.7. The van der Waals surface area contributed by atoms with Crippen molar-refractivity contribution in [2.75, 3.05) is 6.54 Å². The molecule has 29 heavy (non-hydrogen) atoms. The number of hydrogen-bond acceptors (Lipinski definition) is 3. The molecule has 0 unspecified atom stereocenters. The average molecular weight is 389 g/mol. The summed E-state index contributed by atoms with van der Waals surface area (Å²) in [4.78, 5) is 29.8. The largest absolute Gasteiger partial charge is 0.349 e. The first-order chi connectivity index (χ1) is 14.0. The second-order valence-electron chi connectivity index (χ2n) is 7.12. The van der Waals surface area contributed by atoms with Gasteiger partial charge < -0.3 is 9.88 Å². The van der Waals surface area contributed by atoms with Gasteiger partial charge in [0, 0.05) is 32.5 Å². The minimum Gasteiger partial charge on any atom is -0.349 e. The lowest BCUT2D eigenvalue weighted by Crippen LogP contribution is -2.32. The molecule has 3 aromatic heterocycles. The van der Waals surface area contributed by atoms with Gasteiger partial charge in [0.25, 0.3) is 5.91 Å². The molecule has 3 heterocycles. The summed E-state index contributed by atoms with van der Waals surface area (Å²) >= 11 is 0. The highest BCUT2D eigenvalue weighted by Gasteiger charge is 2.15. The lowest BCUT2D eigenvalue weighted by molar-refractivity contribution is 0.0944. The number of aryl methyl sites for hydroxylation is 2. The van der Waals surface area contributed by atoms with Gasteiger partial charge in [0.15, 0.2) is 5.65 Å². The minimum atomic E-state index is -0.165. The van der Waals surface area contributed by atoms with E-state index in [9.17, 15) is 9.59 Å². The number of imidazole rings is 1. The number of carbonyl (C=O) groups is 1. The third kappa shape index (κ3) is 3.71. The van der Waals surface area contributed by atoms with Crippen LogP contribution in [0.25, 0.3) is 11.2 Å². The van der Waals surface area contributed by atoms with Crippen molar-refractivity contribution in [2.45, 2.75) is 20.0 Å². The number of nitrogens with one attached hydrogen (secondary N) is 1. The van der Waals surface area contributed by atoms with Gasteiger partial charge in [-0.05, 0) is 36.8 Å². The molecule has 4 rings (SSSR count). The van der Waals surface area contributed by atoms with Gasteiger partial charge in [-0.25, -0.2) is 9.78 Å². The molecule has 1 aromatic carbocycles. The Morgan fingerprint density at radius 1 is 1.10 bits per heavy atom. The van der Waals surface area contributed by atoms with Gasteiger partial charge >= 0.3 is 5.69 Å². The number of fused-ring (bicyclic) bond motifs is 1. The summed E-state index contributed by atoms with van der Waals surface area (Å²) in [5.41, 5.74) is 4.07. The fraction of sp³-hybridized carbons (Fsp3) is 0.227. The second kappa shape index (κ2) is 7.79. The molecular weight excluding hydrogens is 366 g/mol. The van der Waals surface area contributed by atoms with E-state index in [1.807, 2.05) is 56.6 Å². The number of carbonyl (C=O) groups excluding carboxylic acids is 1. The van der Waals surface area contributed by atoms with Crippen LogP contribution in [0.3, 0.4) is 0 Å². The molecule has 7 heteroatoms. The Bertz CT molecular complexity index is 1230. The van der Waals surface area contributed by atoms with Crippen molar-refractivity contribution < 1.29 is 4.79 Å². The number of aromatic nitrogens is 4. The van der Waals surface area contributed by atoms with E-state index in [0.29, 0.717) is 31.0 Å². The van der Waals surface area contributed by atoms with Crippen LogP contribution in [0.4, 0.5) is 0 Å². The van der Waals surface area contributed by atoms with Gasteiger partial charge in [-0.2, -0.15) is 0 Å². The Morgan fingerprint density at radius 2 is 1.97 bits per heavy atom. The van der Waals surface area contributed by atoms with Gasteiger partial charge in [-0.3, -0.25) is 13.9 Å². The van der Waals surface area contributed by atoms with Crippen LogP contribution in [0.15, 0.2) is 65.7 Å². The van der Waals surface area contributed by atoms with Gasteiger partial charge in [0.1, 0.15) is 5.69 Å². The Kier molecular flexibility index (Phi) is 5.03. The number of benzene rings is 1. The number of pyridine rings is 1. The summed E-state index contributed by atoms with van der Waals surface area (Å²) in [5, 5.41) is 2.88. The van der Waals surface area contributed by atoms with Crippen molar-refractivity contribution in [1.82, 2.24) is 24.0 Å². The summed E-state index contributed by atoms with van der Waals surface area (Å²) in [5.74, 6) is -0.165. The SMILES string of the molecule is Cc1cccc(Cn2c(=O)n(CCNC(=O)c3cccn3C)c3ncccc32)c1. The molecule has 148 valence electrons. The number of rotatable bonds is 6. The van der Waals surface area contributed by atoms with Gasteiger partial charge in [-0.1, -0.05) is 29.8 Å². The third-order valence-corrected chi connectivity index (χ3v) is 4.99. The van der Waals surface area contributed by atoms with Crippen LogP contribution in [-0.4, -0.2) is 31.1 Å². The highest BCUT2D eigenvalue weighted by atomic mass is 16.2. The molecule has 0 radical (unpaired) electrons. The monoisotopic (exact) mass is 389 g/mol. The van der Waals surface area contributed by atoms with Gasteiger partial charge in [0.05, 0.1) is 12.1 Å². The summed E-state index contributed by atoms with van der Waals surface area (Å²) in [7, 11) is 1.82. The molecular formula is C22H23N5O2.